The van der Waals surface area contributed by atoms with Crippen molar-refractivity contribution in [3.8, 4) is 0 Å². The van der Waals surface area contributed by atoms with E-state index in [1.165, 1.54) is 16.4 Å². The topological polar surface area (TPSA) is 17.8 Å². The predicted octanol–water partition coefficient (Wildman–Crippen LogP) is -2.74. The lowest BCUT2D eigenvalue weighted by atomic mass is 9.86. The van der Waals surface area contributed by atoms with Crippen molar-refractivity contribution in [1.29, 1.82) is 0 Å². The summed E-state index contributed by atoms with van der Waals surface area (Å²) >= 11 is 0. The SMILES string of the molecule is Bc1cc(B)c2c(c1)nc(C)n2B. The molecule has 13 heavy (non-hydrogen) atoms. The Morgan fingerprint density at radius 1 is 1.31 bits per heavy atom. The molecule has 0 atom stereocenters. The average Bonchev–Trinajstić information content (AvgIpc) is 2.27. The Morgan fingerprint density at radius 2 is 2.00 bits per heavy atom. The number of benzene rings is 1. The molecule has 1 aromatic heterocycles. The molecular formula is C8H11B3N2. The van der Waals surface area contributed by atoms with E-state index in [0.717, 1.165) is 11.3 Å². The summed E-state index contributed by atoms with van der Waals surface area (Å²) in [6.07, 6.45) is 0. The summed E-state index contributed by atoms with van der Waals surface area (Å²) in [5.41, 5.74) is 4.95. The minimum absolute atomic E-state index is 1.07. The van der Waals surface area contributed by atoms with Gasteiger partial charge in [0.1, 0.15) is 15.7 Å². The number of hydrogen-bond acceptors (Lipinski definition) is 1. The van der Waals surface area contributed by atoms with Crippen LogP contribution in [0.3, 0.4) is 0 Å². The van der Waals surface area contributed by atoms with Gasteiger partial charge >= 0.3 is 0 Å². The van der Waals surface area contributed by atoms with Gasteiger partial charge in [0.2, 0.25) is 7.98 Å². The molecule has 1 aromatic carbocycles. The second kappa shape index (κ2) is 2.69. The summed E-state index contributed by atoms with van der Waals surface area (Å²) in [6, 6.07) is 4.33. The van der Waals surface area contributed by atoms with E-state index in [-0.39, 0.29) is 0 Å². The highest BCUT2D eigenvalue weighted by atomic mass is 15.0. The molecule has 0 radical (unpaired) electrons. The first-order valence-corrected chi connectivity index (χ1v) is 4.50. The first kappa shape index (κ1) is 8.48. The van der Waals surface area contributed by atoms with E-state index in [4.69, 9.17) is 0 Å². The minimum Gasteiger partial charge on any atom is -0.381 e. The van der Waals surface area contributed by atoms with Gasteiger partial charge < -0.3 is 4.48 Å². The lowest BCUT2D eigenvalue weighted by molar-refractivity contribution is 1.10. The van der Waals surface area contributed by atoms with E-state index in [1.54, 1.807) is 0 Å². The third-order valence-electron chi connectivity index (χ3n) is 2.53. The van der Waals surface area contributed by atoms with Crippen molar-refractivity contribution in [1.82, 2.24) is 9.46 Å². The fourth-order valence-electron chi connectivity index (χ4n) is 1.87. The Hall–Kier alpha value is -1.12. The van der Waals surface area contributed by atoms with Crippen molar-refractivity contribution in [2.75, 3.05) is 0 Å². The summed E-state index contributed by atoms with van der Waals surface area (Å²) in [6.45, 7) is 2.04. The Balaban J connectivity index is 2.94. The summed E-state index contributed by atoms with van der Waals surface area (Å²) in [7, 11) is 6.31. The van der Waals surface area contributed by atoms with Gasteiger partial charge in [-0.15, -0.1) is 0 Å². The van der Waals surface area contributed by atoms with Crippen molar-refractivity contribution < 1.29 is 0 Å². The van der Waals surface area contributed by atoms with E-state index < -0.39 is 0 Å². The van der Waals surface area contributed by atoms with Crippen LogP contribution in [0.1, 0.15) is 5.82 Å². The molecule has 1 heterocycles. The number of imidazole rings is 1. The number of aromatic nitrogens is 2. The molecule has 0 saturated heterocycles. The molecular weight excluding hydrogens is 157 g/mol. The van der Waals surface area contributed by atoms with E-state index in [2.05, 4.69) is 45.3 Å². The van der Waals surface area contributed by atoms with Crippen molar-refractivity contribution in [3.05, 3.63) is 18.0 Å². The highest BCUT2D eigenvalue weighted by Crippen LogP contribution is 2.09. The molecule has 0 amide bonds. The smallest absolute Gasteiger partial charge is 0.225 e. The van der Waals surface area contributed by atoms with Crippen LogP contribution >= 0.6 is 0 Å². The zero-order chi connectivity index (χ0) is 9.59. The molecule has 0 aliphatic rings. The number of aryl methyl sites for hydroxylation is 1. The van der Waals surface area contributed by atoms with Gasteiger partial charge in [-0.2, -0.15) is 0 Å². The molecule has 2 nitrogen and oxygen atoms in total. The fraction of sp³-hybridized carbons (Fsp3) is 0.125. The molecule has 0 bridgehead atoms. The lowest BCUT2D eigenvalue weighted by Gasteiger charge is -2.02. The van der Waals surface area contributed by atoms with Gasteiger partial charge in [0.15, 0.2) is 0 Å². The highest BCUT2D eigenvalue weighted by Gasteiger charge is 2.05. The quantitative estimate of drug-likeness (QED) is 0.390. The highest BCUT2D eigenvalue weighted by molar-refractivity contribution is 6.43. The molecule has 0 aliphatic carbocycles. The third-order valence-corrected chi connectivity index (χ3v) is 2.53. The molecule has 0 saturated carbocycles. The maximum atomic E-state index is 4.50. The number of nitrogens with zero attached hydrogens (tertiary/aromatic N) is 2. The van der Waals surface area contributed by atoms with E-state index in [9.17, 15) is 0 Å². The van der Waals surface area contributed by atoms with Crippen molar-refractivity contribution in [3.63, 3.8) is 0 Å². The van der Waals surface area contributed by atoms with Gasteiger partial charge in [-0.05, 0) is 13.0 Å². The van der Waals surface area contributed by atoms with Gasteiger partial charge in [-0.3, -0.25) is 0 Å². The largest absolute Gasteiger partial charge is 0.381 e. The van der Waals surface area contributed by atoms with Crippen LogP contribution in [0.5, 0.6) is 0 Å². The van der Waals surface area contributed by atoms with Crippen LogP contribution < -0.4 is 10.9 Å². The first-order valence-electron chi connectivity index (χ1n) is 4.50. The van der Waals surface area contributed by atoms with Crippen molar-refractivity contribution >= 4 is 45.6 Å². The average molecular weight is 168 g/mol. The normalized spacial score (nSPS) is 10.8. The maximum absolute atomic E-state index is 4.50. The lowest BCUT2D eigenvalue weighted by Crippen LogP contribution is -2.16. The summed E-state index contributed by atoms with van der Waals surface area (Å²) in [4.78, 5) is 4.50. The Kier molecular flexibility index (Phi) is 1.75. The second-order valence-corrected chi connectivity index (χ2v) is 3.67. The van der Waals surface area contributed by atoms with Crippen LogP contribution in [-0.2, 0) is 0 Å². The van der Waals surface area contributed by atoms with Crippen molar-refractivity contribution in [2.45, 2.75) is 6.92 Å². The standard InChI is InChI=1S/C8H11B3N2/c1-4-12-7-3-5(9)2-6(10)8(7)13(4)11/h2-3H,9-11H2,1H3. The van der Waals surface area contributed by atoms with E-state index in [0.29, 0.717) is 0 Å². The molecule has 0 unspecified atom stereocenters. The van der Waals surface area contributed by atoms with Crippen LogP contribution in [0.25, 0.3) is 11.0 Å². The van der Waals surface area contributed by atoms with Gasteiger partial charge in [0.05, 0.1) is 11.3 Å². The van der Waals surface area contributed by atoms with Gasteiger partial charge in [0, 0.05) is 5.52 Å². The van der Waals surface area contributed by atoms with Gasteiger partial charge in [0.25, 0.3) is 0 Å². The monoisotopic (exact) mass is 168 g/mol. The second-order valence-electron chi connectivity index (χ2n) is 3.67. The Labute approximate surface area is 80.6 Å². The van der Waals surface area contributed by atoms with E-state index in [1.807, 2.05) is 6.92 Å². The van der Waals surface area contributed by atoms with Crippen LogP contribution in [0.15, 0.2) is 12.1 Å². The zero-order valence-corrected chi connectivity index (χ0v) is 8.55. The van der Waals surface area contributed by atoms with Crippen molar-refractivity contribution in [2.24, 2.45) is 0 Å². The summed E-state index contributed by atoms with van der Waals surface area (Å²) < 4.78 is 2.14. The van der Waals surface area contributed by atoms with Crippen LogP contribution in [0.4, 0.5) is 0 Å². The van der Waals surface area contributed by atoms with Gasteiger partial charge in [-0.1, -0.05) is 17.0 Å². The number of rotatable bonds is 0. The molecule has 2 aromatic rings. The first-order chi connectivity index (χ1) is 6.09. The van der Waals surface area contributed by atoms with E-state index >= 15 is 0 Å². The molecule has 0 fully saturated rings. The molecule has 0 spiro atoms. The predicted molar refractivity (Wildman–Crippen MR) is 64.8 cm³/mol. The summed E-state index contributed by atoms with van der Waals surface area (Å²) in [5.74, 6) is 1.07. The van der Waals surface area contributed by atoms with Gasteiger partial charge in [-0.25, -0.2) is 4.98 Å². The minimum atomic E-state index is 1.07. The molecule has 0 aliphatic heterocycles. The molecule has 2 rings (SSSR count). The number of fused-ring (bicyclic) bond motifs is 1. The Bertz CT molecular complexity index is 476. The third kappa shape index (κ3) is 1.19. The zero-order valence-electron chi connectivity index (χ0n) is 8.55. The molecule has 5 heteroatoms. The maximum Gasteiger partial charge on any atom is 0.225 e. The Morgan fingerprint density at radius 3 is 2.69 bits per heavy atom. The summed E-state index contributed by atoms with van der Waals surface area (Å²) in [5, 5.41) is 0. The molecule has 0 N–H and O–H groups in total. The number of hydrogen-bond donors (Lipinski definition) is 0. The fourth-order valence-corrected chi connectivity index (χ4v) is 1.87. The van der Waals surface area contributed by atoms with Crippen LogP contribution in [0.2, 0.25) is 0 Å². The molecule has 62 valence electrons. The van der Waals surface area contributed by atoms with Crippen LogP contribution in [-0.4, -0.2) is 33.1 Å². The van der Waals surface area contributed by atoms with Crippen LogP contribution in [0, 0.1) is 6.92 Å².